The SMILES string of the molecule is CN=CC(=CN)c1cnc2[nH]cc(C(=O)c3cccc(NS(=O)(=O)c4ccc(F)cc4)c3)c2c1. The molecule has 0 radical (unpaired) electrons. The molecule has 0 aliphatic rings. The first-order chi connectivity index (χ1) is 16.3. The van der Waals surface area contributed by atoms with Crippen molar-refractivity contribution in [3.05, 3.63) is 95.7 Å². The maximum Gasteiger partial charge on any atom is 0.261 e. The van der Waals surface area contributed by atoms with Gasteiger partial charge >= 0.3 is 0 Å². The summed E-state index contributed by atoms with van der Waals surface area (Å²) in [6.07, 6.45) is 6.17. The molecule has 4 rings (SSSR count). The maximum absolute atomic E-state index is 13.3. The molecule has 0 saturated heterocycles. The van der Waals surface area contributed by atoms with E-state index in [2.05, 4.69) is 19.7 Å². The molecule has 0 spiro atoms. The summed E-state index contributed by atoms with van der Waals surface area (Å²) in [5, 5.41) is 0.587. The number of nitrogens with two attached hydrogens (primary N) is 1. The number of fused-ring (bicyclic) bond motifs is 1. The first-order valence-electron chi connectivity index (χ1n) is 10.1. The summed E-state index contributed by atoms with van der Waals surface area (Å²) >= 11 is 0. The molecule has 0 fully saturated rings. The fourth-order valence-corrected chi connectivity index (χ4v) is 4.46. The van der Waals surface area contributed by atoms with Crippen LogP contribution < -0.4 is 10.5 Å². The molecule has 2 heterocycles. The molecule has 34 heavy (non-hydrogen) atoms. The van der Waals surface area contributed by atoms with E-state index in [9.17, 15) is 17.6 Å². The van der Waals surface area contributed by atoms with Gasteiger partial charge in [0.05, 0.1) is 4.90 Å². The van der Waals surface area contributed by atoms with E-state index in [0.717, 1.165) is 24.3 Å². The van der Waals surface area contributed by atoms with Crippen LogP contribution in [0.15, 0.2) is 83.1 Å². The molecule has 2 aromatic heterocycles. The summed E-state index contributed by atoms with van der Waals surface area (Å²) in [7, 11) is -2.34. The molecule has 4 aromatic rings. The molecule has 4 N–H and O–H groups in total. The number of carbonyl (C=O) groups excluding carboxylic acids is 1. The zero-order chi connectivity index (χ0) is 24.3. The average molecular weight is 478 g/mol. The molecular weight excluding hydrogens is 457 g/mol. The number of hydrogen-bond acceptors (Lipinski definition) is 6. The number of rotatable bonds is 7. The number of ketones is 1. The number of H-pyrrole nitrogens is 1. The van der Waals surface area contributed by atoms with E-state index in [0.29, 0.717) is 27.7 Å². The second-order valence-corrected chi connectivity index (χ2v) is 8.98. The Bertz CT molecular complexity index is 1540. The third kappa shape index (κ3) is 4.57. The van der Waals surface area contributed by atoms with Crippen molar-refractivity contribution in [1.29, 1.82) is 0 Å². The molecule has 172 valence electrons. The van der Waals surface area contributed by atoms with Gasteiger partial charge < -0.3 is 10.7 Å². The normalized spacial score (nSPS) is 12.4. The molecule has 2 aromatic carbocycles. The van der Waals surface area contributed by atoms with Crippen LogP contribution in [0, 0.1) is 5.82 Å². The topological polar surface area (TPSA) is 130 Å². The highest BCUT2D eigenvalue weighted by molar-refractivity contribution is 7.92. The van der Waals surface area contributed by atoms with Crippen LogP contribution in [-0.4, -0.2) is 37.4 Å². The lowest BCUT2D eigenvalue weighted by Crippen LogP contribution is -2.13. The Hall–Kier alpha value is -4.31. The molecule has 8 nitrogen and oxygen atoms in total. The van der Waals surface area contributed by atoms with E-state index < -0.39 is 15.8 Å². The minimum Gasteiger partial charge on any atom is -0.404 e. The minimum atomic E-state index is -3.96. The van der Waals surface area contributed by atoms with Gasteiger partial charge in [-0.15, -0.1) is 0 Å². The molecule has 0 unspecified atom stereocenters. The quantitative estimate of drug-likeness (QED) is 0.276. The summed E-state index contributed by atoms with van der Waals surface area (Å²) < 4.78 is 40.8. The van der Waals surface area contributed by atoms with Crippen LogP contribution in [-0.2, 0) is 10.0 Å². The van der Waals surface area contributed by atoms with Crippen LogP contribution in [0.2, 0.25) is 0 Å². The third-order valence-corrected chi connectivity index (χ3v) is 6.45. The second-order valence-electron chi connectivity index (χ2n) is 7.30. The first-order valence-corrected chi connectivity index (χ1v) is 11.6. The monoisotopic (exact) mass is 477 g/mol. The van der Waals surface area contributed by atoms with Crippen molar-refractivity contribution in [3.63, 3.8) is 0 Å². The van der Waals surface area contributed by atoms with Crippen molar-refractivity contribution in [3.8, 4) is 0 Å². The number of sulfonamides is 1. The fourth-order valence-electron chi connectivity index (χ4n) is 3.41. The van der Waals surface area contributed by atoms with Gasteiger partial charge in [0.1, 0.15) is 11.5 Å². The number of nitrogens with one attached hydrogen (secondary N) is 2. The van der Waals surface area contributed by atoms with Crippen molar-refractivity contribution in [2.24, 2.45) is 10.7 Å². The molecule has 0 aliphatic carbocycles. The number of anilines is 1. The van der Waals surface area contributed by atoms with Gasteiger partial charge in [0.2, 0.25) is 0 Å². The smallest absolute Gasteiger partial charge is 0.261 e. The summed E-state index contributed by atoms with van der Waals surface area (Å²) in [4.78, 5) is 24.5. The highest BCUT2D eigenvalue weighted by atomic mass is 32.2. The molecular formula is C24H20FN5O3S. The van der Waals surface area contributed by atoms with E-state index in [4.69, 9.17) is 5.73 Å². The van der Waals surface area contributed by atoms with E-state index in [-0.39, 0.29) is 21.9 Å². The third-order valence-electron chi connectivity index (χ3n) is 5.06. The van der Waals surface area contributed by atoms with Crippen molar-refractivity contribution in [2.45, 2.75) is 4.90 Å². The summed E-state index contributed by atoms with van der Waals surface area (Å²) in [6.45, 7) is 0. The van der Waals surface area contributed by atoms with Crippen LogP contribution in [0.5, 0.6) is 0 Å². The Morgan fingerprint density at radius 2 is 1.91 bits per heavy atom. The second kappa shape index (κ2) is 9.28. The van der Waals surface area contributed by atoms with Gasteiger partial charge in [-0.25, -0.2) is 17.8 Å². The van der Waals surface area contributed by atoms with Crippen LogP contribution in [0.25, 0.3) is 16.6 Å². The Labute approximate surface area is 195 Å². The number of aromatic nitrogens is 2. The Morgan fingerprint density at radius 3 is 2.62 bits per heavy atom. The van der Waals surface area contributed by atoms with E-state index in [1.165, 1.54) is 18.3 Å². The molecule has 0 bridgehead atoms. The number of pyridine rings is 1. The van der Waals surface area contributed by atoms with Gasteiger partial charge in [0.15, 0.2) is 5.78 Å². The molecule has 0 amide bonds. The zero-order valence-corrected chi connectivity index (χ0v) is 18.8. The number of halogens is 1. The van der Waals surface area contributed by atoms with Gasteiger partial charge in [-0.1, -0.05) is 12.1 Å². The summed E-state index contributed by atoms with van der Waals surface area (Å²) in [5.41, 5.74) is 8.38. The Kier molecular flexibility index (Phi) is 6.24. The molecule has 0 saturated carbocycles. The minimum absolute atomic E-state index is 0.0970. The van der Waals surface area contributed by atoms with Crippen LogP contribution >= 0.6 is 0 Å². The van der Waals surface area contributed by atoms with Crippen molar-refractivity contribution in [2.75, 3.05) is 11.8 Å². The summed E-state index contributed by atoms with van der Waals surface area (Å²) in [6, 6.07) is 12.4. The number of allylic oxidation sites excluding steroid dienone is 1. The van der Waals surface area contributed by atoms with Crippen molar-refractivity contribution >= 4 is 44.3 Å². The van der Waals surface area contributed by atoms with E-state index in [1.807, 2.05) is 0 Å². The molecule has 0 atom stereocenters. The van der Waals surface area contributed by atoms with Gasteiger partial charge in [0.25, 0.3) is 10.0 Å². The van der Waals surface area contributed by atoms with Crippen LogP contribution in [0.1, 0.15) is 21.5 Å². The lowest BCUT2D eigenvalue weighted by molar-refractivity contribution is 0.104. The molecule has 0 aliphatic heterocycles. The Balaban J connectivity index is 1.66. The number of aliphatic imine (C=N–C) groups is 1. The lowest BCUT2D eigenvalue weighted by Gasteiger charge is -2.09. The van der Waals surface area contributed by atoms with Crippen molar-refractivity contribution in [1.82, 2.24) is 9.97 Å². The number of hydrogen-bond donors (Lipinski definition) is 3. The number of benzene rings is 2. The van der Waals surface area contributed by atoms with Gasteiger partial charge in [0, 0.05) is 65.2 Å². The van der Waals surface area contributed by atoms with E-state index >= 15 is 0 Å². The summed E-state index contributed by atoms with van der Waals surface area (Å²) in [5.74, 6) is -0.866. The standard InChI is InChI=1S/C24H20FN5O3S/c1-27-12-17(11-26)16-10-21-22(14-29-24(21)28-13-16)23(31)15-3-2-4-19(9-15)30-34(32,33)20-7-5-18(25)6-8-20/h2-14,30H,26H2,1H3,(H,28,29). The van der Waals surface area contributed by atoms with Gasteiger partial charge in [-0.3, -0.25) is 14.5 Å². The molecule has 10 heteroatoms. The number of carbonyl (C=O) groups is 1. The van der Waals surface area contributed by atoms with Gasteiger partial charge in [-0.05, 0) is 42.5 Å². The highest BCUT2D eigenvalue weighted by Crippen LogP contribution is 2.25. The average Bonchev–Trinajstić information content (AvgIpc) is 3.25. The predicted octanol–water partition coefficient (Wildman–Crippen LogP) is 3.73. The zero-order valence-electron chi connectivity index (χ0n) is 18.0. The van der Waals surface area contributed by atoms with E-state index in [1.54, 1.807) is 43.9 Å². The van der Waals surface area contributed by atoms with Gasteiger partial charge in [-0.2, -0.15) is 0 Å². The predicted molar refractivity (Wildman–Crippen MR) is 130 cm³/mol. The highest BCUT2D eigenvalue weighted by Gasteiger charge is 2.18. The fraction of sp³-hybridized carbons (Fsp3) is 0.0417. The van der Waals surface area contributed by atoms with Crippen molar-refractivity contribution < 1.29 is 17.6 Å². The van der Waals surface area contributed by atoms with Crippen LogP contribution in [0.4, 0.5) is 10.1 Å². The number of aromatic amines is 1. The largest absolute Gasteiger partial charge is 0.404 e. The Morgan fingerprint density at radius 1 is 1.15 bits per heavy atom. The van der Waals surface area contributed by atoms with Crippen LogP contribution in [0.3, 0.4) is 0 Å². The number of nitrogens with zero attached hydrogens (tertiary/aromatic N) is 2. The first kappa shape index (κ1) is 22.9. The maximum atomic E-state index is 13.3. The lowest BCUT2D eigenvalue weighted by atomic mass is 10.0.